The zero-order chi connectivity index (χ0) is 17.9. The van der Waals surface area contributed by atoms with Gasteiger partial charge in [0.2, 0.25) is 0 Å². The van der Waals surface area contributed by atoms with Crippen LogP contribution in [0.15, 0.2) is 61.1 Å². The van der Waals surface area contributed by atoms with Gasteiger partial charge >= 0.3 is 6.18 Å². The normalized spacial score (nSPS) is 11.3. The third kappa shape index (κ3) is 4.03. The van der Waals surface area contributed by atoms with Crippen LogP contribution in [0.5, 0.6) is 0 Å². The molecule has 1 N–H and O–H groups in total. The van der Waals surface area contributed by atoms with E-state index in [1.54, 1.807) is 0 Å². The van der Waals surface area contributed by atoms with Crippen molar-refractivity contribution in [3.8, 4) is 0 Å². The number of alkyl halides is 3. The maximum Gasteiger partial charge on any atom is 0.417 e. The number of amides is 1. The molecule has 0 aliphatic carbocycles. The number of nitrogens with zero attached hydrogens (tertiary/aromatic N) is 3. The van der Waals surface area contributed by atoms with Crippen molar-refractivity contribution in [3.63, 3.8) is 0 Å². The highest BCUT2D eigenvalue weighted by molar-refractivity contribution is 6.03. The SMILES string of the molecule is O=C(Nc1cncc(C(F)(F)F)c1)c1ccnn1Cc1ccccc1. The topological polar surface area (TPSA) is 59.8 Å². The highest BCUT2D eigenvalue weighted by Crippen LogP contribution is 2.30. The van der Waals surface area contributed by atoms with E-state index in [1.165, 1.54) is 16.9 Å². The van der Waals surface area contributed by atoms with Crippen LogP contribution >= 0.6 is 0 Å². The molecule has 3 rings (SSSR count). The summed E-state index contributed by atoms with van der Waals surface area (Å²) in [7, 11) is 0. The molecule has 3 aromatic rings. The van der Waals surface area contributed by atoms with Crippen molar-refractivity contribution in [1.82, 2.24) is 14.8 Å². The lowest BCUT2D eigenvalue weighted by Gasteiger charge is -2.10. The molecule has 2 heterocycles. The lowest BCUT2D eigenvalue weighted by atomic mass is 10.2. The Morgan fingerprint density at radius 2 is 1.88 bits per heavy atom. The van der Waals surface area contributed by atoms with Crippen LogP contribution in [0.3, 0.4) is 0 Å². The maximum absolute atomic E-state index is 12.7. The van der Waals surface area contributed by atoms with E-state index in [9.17, 15) is 18.0 Å². The van der Waals surface area contributed by atoms with E-state index in [1.807, 2.05) is 30.3 Å². The molecule has 0 bridgehead atoms. The van der Waals surface area contributed by atoms with Crippen LogP contribution in [-0.4, -0.2) is 20.7 Å². The van der Waals surface area contributed by atoms with Crippen LogP contribution in [0.2, 0.25) is 0 Å². The lowest BCUT2D eigenvalue weighted by molar-refractivity contribution is -0.137. The Labute approximate surface area is 141 Å². The predicted octanol–water partition coefficient (Wildman–Crippen LogP) is 3.60. The molecule has 1 amide bonds. The molecule has 0 aliphatic rings. The van der Waals surface area contributed by atoms with Gasteiger partial charge in [-0.2, -0.15) is 18.3 Å². The number of nitrogens with one attached hydrogen (secondary N) is 1. The number of anilines is 1. The second-order valence-corrected chi connectivity index (χ2v) is 5.27. The van der Waals surface area contributed by atoms with Crippen LogP contribution in [-0.2, 0) is 12.7 Å². The van der Waals surface area contributed by atoms with Gasteiger partial charge in [-0.15, -0.1) is 0 Å². The number of hydrogen-bond donors (Lipinski definition) is 1. The molecule has 0 atom stereocenters. The van der Waals surface area contributed by atoms with Gasteiger partial charge in [0, 0.05) is 12.4 Å². The Morgan fingerprint density at radius 1 is 1.12 bits per heavy atom. The first-order valence-corrected chi connectivity index (χ1v) is 7.33. The molecule has 0 saturated heterocycles. The summed E-state index contributed by atoms with van der Waals surface area (Å²) in [6.07, 6.45) is -1.20. The van der Waals surface area contributed by atoms with Crippen molar-refractivity contribution < 1.29 is 18.0 Å². The number of hydrogen-bond acceptors (Lipinski definition) is 3. The van der Waals surface area contributed by atoms with Gasteiger partial charge in [-0.25, -0.2) is 0 Å². The van der Waals surface area contributed by atoms with Gasteiger partial charge < -0.3 is 5.32 Å². The van der Waals surface area contributed by atoms with Gasteiger partial charge in [0.15, 0.2) is 0 Å². The predicted molar refractivity (Wildman–Crippen MR) is 85.0 cm³/mol. The van der Waals surface area contributed by atoms with Crippen molar-refractivity contribution >= 4 is 11.6 Å². The molecule has 0 fully saturated rings. The Bertz CT molecular complexity index is 875. The molecule has 5 nitrogen and oxygen atoms in total. The maximum atomic E-state index is 12.7. The van der Waals surface area contributed by atoms with Crippen molar-refractivity contribution in [3.05, 3.63) is 77.9 Å². The van der Waals surface area contributed by atoms with Crippen LogP contribution in [0.25, 0.3) is 0 Å². The van der Waals surface area contributed by atoms with E-state index in [2.05, 4.69) is 15.4 Å². The quantitative estimate of drug-likeness (QED) is 0.785. The van der Waals surface area contributed by atoms with Gasteiger partial charge in [-0.3, -0.25) is 14.5 Å². The van der Waals surface area contributed by atoms with Crippen LogP contribution in [0.1, 0.15) is 21.6 Å². The molecule has 128 valence electrons. The highest BCUT2D eigenvalue weighted by atomic mass is 19.4. The fourth-order valence-electron chi connectivity index (χ4n) is 2.27. The zero-order valence-electron chi connectivity index (χ0n) is 12.9. The summed E-state index contributed by atoms with van der Waals surface area (Å²) in [4.78, 5) is 15.9. The van der Waals surface area contributed by atoms with Crippen molar-refractivity contribution in [2.75, 3.05) is 5.32 Å². The molecule has 25 heavy (non-hydrogen) atoms. The number of carbonyl (C=O) groups is 1. The molecule has 8 heteroatoms. The van der Waals surface area contributed by atoms with Crippen molar-refractivity contribution in [2.24, 2.45) is 0 Å². The first-order valence-electron chi connectivity index (χ1n) is 7.33. The number of benzene rings is 1. The molecule has 0 radical (unpaired) electrons. The minimum absolute atomic E-state index is 0.0349. The van der Waals surface area contributed by atoms with Gasteiger partial charge in [0.25, 0.3) is 5.91 Å². The van der Waals surface area contributed by atoms with Gasteiger partial charge in [0.1, 0.15) is 5.69 Å². The first kappa shape index (κ1) is 16.7. The number of rotatable bonds is 4. The number of pyridine rings is 1. The van der Waals surface area contributed by atoms with Crippen molar-refractivity contribution in [1.29, 1.82) is 0 Å². The zero-order valence-corrected chi connectivity index (χ0v) is 12.9. The summed E-state index contributed by atoms with van der Waals surface area (Å²) in [6, 6.07) is 11.7. The van der Waals surface area contributed by atoms with Crippen LogP contribution in [0.4, 0.5) is 18.9 Å². The van der Waals surface area contributed by atoms with E-state index in [-0.39, 0.29) is 11.4 Å². The second-order valence-electron chi connectivity index (χ2n) is 5.27. The summed E-state index contributed by atoms with van der Waals surface area (Å²) < 4.78 is 39.6. The molecule has 1 aromatic carbocycles. The highest BCUT2D eigenvalue weighted by Gasteiger charge is 2.31. The summed E-state index contributed by atoms with van der Waals surface area (Å²) in [5.41, 5.74) is 0.220. The summed E-state index contributed by atoms with van der Waals surface area (Å²) >= 11 is 0. The number of carbonyl (C=O) groups excluding carboxylic acids is 1. The lowest BCUT2D eigenvalue weighted by Crippen LogP contribution is -2.19. The van der Waals surface area contributed by atoms with Gasteiger partial charge in [-0.1, -0.05) is 30.3 Å². The minimum atomic E-state index is -4.52. The number of aromatic nitrogens is 3. The number of halogens is 3. The molecule has 0 spiro atoms. The Hall–Kier alpha value is -3.16. The average Bonchev–Trinajstić information content (AvgIpc) is 3.03. The molecular weight excluding hydrogens is 333 g/mol. The largest absolute Gasteiger partial charge is 0.417 e. The molecule has 0 unspecified atom stereocenters. The van der Waals surface area contributed by atoms with Crippen LogP contribution in [0, 0.1) is 0 Å². The third-order valence-corrected chi connectivity index (χ3v) is 3.45. The van der Waals surface area contributed by atoms with E-state index >= 15 is 0 Å². The van der Waals surface area contributed by atoms with E-state index in [4.69, 9.17) is 0 Å². The summed E-state index contributed by atoms with van der Waals surface area (Å²) in [6.45, 7) is 0.372. The molecule has 0 saturated carbocycles. The third-order valence-electron chi connectivity index (χ3n) is 3.45. The fourth-order valence-corrected chi connectivity index (χ4v) is 2.27. The Morgan fingerprint density at radius 3 is 2.60 bits per heavy atom. The minimum Gasteiger partial charge on any atom is -0.319 e. The van der Waals surface area contributed by atoms with E-state index in [0.29, 0.717) is 12.7 Å². The van der Waals surface area contributed by atoms with Gasteiger partial charge in [0.05, 0.1) is 24.0 Å². The van der Waals surface area contributed by atoms with E-state index < -0.39 is 17.6 Å². The average molecular weight is 346 g/mol. The smallest absolute Gasteiger partial charge is 0.319 e. The monoisotopic (exact) mass is 346 g/mol. The summed E-state index contributed by atoms with van der Waals surface area (Å²) in [5.74, 6) is -0.561. The summed E-state index contributed by atoms with van der Waals surface area (Å²) in [5, 5.41) is 6.51. The van der Waals surface area contributed by atoms with Crippen LogP contribution < -0.4 is 5.32 Å². The van der Waals surface area contributed by atoms with E-state index in [0.717, 1.165) is 17.8 Å². The Balaban J connectivity index is 1.78. The molecule has 2 aromatic heterocycles. The molecular formula is C17H13F3N4O. The first-order chi connectivity index (χ1) is 11.9. The molecule has 0 aliphatic heterocycles. The second kappa shape index (κ2) is 6.76. The van der Waals surface area contributed by atoms with Crippen molar-refractivity contribution in [2.45, 2.75) is 12.7 Å². The standard InChI is InChI=1S/C17H13F3N4O/c18-17(19,20)13-8-14(10-21-9-13)23-16(25)15-6-7-22-24(15)11-12-4-2-1-3-5-12/h1-10H,11H2,(H,23,25). The Kier molecular flexibility index (Phi) is 4.51. The van der Waals surface area contributed by atoms with Gasteiger partial charge in [-0.05, 0) is 17.7 Å². The fraction of sp³-hybridized carbons (Fsp3) is 0.118.